The Morgan fingerprint density at radius 1 is 1.29 bits per heavy atom. The Labute approximate surface area is 121 Å². The van der Waals surface area contributed by atoms with Gasteiger partial charge < -0.3 is 26.2 Å². The number of imidazole rings is 1. The number of rotatable bonds is 4. The van der Waals surface area contributed by atoms with Crippen molar-refractivity contribution in [1.29, 1.82) is 0 Å². The SMILES string of the molecule is CN.CNC(=O)C(C(=O)NC)n1cnc(C(=O)OC)c1O. The van der Waals surface area contributed by atoms with E-state index in [-0.39, 0.29) is 5.69 Å². The van der Waals surface area contributed by atoms with Crippen LogP contribution in [0.3, 0.4) is 0 Å². The smallest absolute Gasteiger partial charge is 0.362 e. The second kappa shape index (κ2) is 8.53. The third kappa shape index (κ3) is 3.92. The third-order valence-corrected chi connectivity index (χ3v) is 2.41. The van der Waals surface area contributed by atoms with Crippen molar-refractivity contribution in [3.8, 4) is 5.88 Å². The van der Waals surface area contributed by atoms with E-state index in [0.717, 1.165) is 18.0 Å². The van der Waals surface area contributed by atoms with Gasteiger partial charge in [-0.05, 0) is 7.05 Å². The molecular formula is C11H19N5O5. The highest BCUT2D eigenvalue weighted by molar-refractivity contribution is 6.02. The predicted octanol–water partition coefficient (Wildman–Crippen LogP) is -2.02. The first-order valence-corrected chi connectivity index (χ1v) is 5.82. The molecule has 0 spiro atoms. The molecule has 0 bridgehead atoms. The molecule has 10 nitrogen and oxygen atoms in total. The maximum atomic E-state index is 11.7. The number of aromatic hydroxyl groups is 1. The Hall–Kier alpha value is -2.62. The molecule has 0 fully saturated rings. The zero-order chi connectivity index (χ0) is 16.6. The molecule has 21 heavy (non-hydrogen) atoms. The van der Waals surface area contributed by atoms with E-state index in [1.807, 2.05) is 0 Å². The number of nitrogens with zero attached hydrogens (tertiary/aromatic N) is 2. The van der Waals surface area contributed by atoms with E-state index in [0.29, 0.717) is 0 Å². The number of nitrogens with two attached hydrogens (primary N) is 1. The molecule has 2 amide bonds. The minimum absolute atomic E-state index is 0.375. The molecule has 0 atom stereocenters. The summed E-state index contributed by atoms with van der Waals surface area (Å²) in [5, 5.41) is 14.4. The number of methoxy groups -OCH3 is 1. The summed E-state index contributed by atoms with van der Waals surface area (Å²) in [6.07, 6.45) is 1.01. The molecule has 0 saturated heterocycles. The molecule has 0 aliphatic carbocycles. The molecule has 1 aromatic heterocycles. The molecule has 0 unspecified atom stereocenters. The fourth-order valence-corrected chi connectivity index (χ4v) is 1.43. The van der Waals surface area contributed by atoms with Crippen molar-refractivity contribution in [3.63, 3.8) is 0 Å². The van der Waals surface area contributed by atoms with Crippen LogP contribution in [0.5, 0.6) is 5.88 Å². The average molecular weight is 301 g/mol. The van der Waals surface area contributed by atoms with E-state index in [4.69, 9.17) is 0 Å². The fourth-order valence-electron chi connectivity index (χ4n) is 1.43. The van der Waals surface area contributed by atoms with Crippen molar-refractivity contribution >= 4 is 17.8 Å². The van der Waals surface area contributed by atoms with Crippen molar-refractivity contribution < 1.29 is 24.2 Å². The van der Waals surface area contributed by atoms with Gasteiger partial charge in [-0.3, -0.25) is 14.2 Å². The summed E-state index contributed by atoms with van der Waals surface area (Å²) in [4.78, 5) is 38.2. The highest BCUT2D eigenvalue weighted by Gasteiger charge is 2.31. The largest absolute Gasteiger partial charge is 0.493 e. The van der Waals surface area contributed by atoms with E-state index in [9.17, 15) is 19.5 Å². The first kappa shape index (κ1) is 18.4. The standard InChI is InChI=1S/C10H14N4O5.CH5N/c1-11-7(15)6(8(16)12-2)14-4-13-5(9(14)17)10(18)19-3;1-2/h4,6,17H,1-3H3,(H,11,15)(H,12,16);2H2,1H3. The van der Waals surface area contributed by atoms with Gasteiger partial charge in [0.15, 0.2) is 6.04 Å². The molecule has 10 heteroatoms. The van der Waals surface area contributed by atoms with Crippen LogP contribution >= 0.6 is 0 Å². The number of carbonyl (C=O) groups is 3. The van der Waals surface area contributed by atoms with Crippen LogP contribution < -0.4 is 16.4 Å². The van der Waals surface area contributed by atoms with Gasteiger partial charge in [-0.15, -0.1) is 0 Å². The summed E-state index contributed by atoms with van der Waals surface area (Å²) in [7, 11) is 5.30. The van der Waals surface area contributed by atoms with Gasteiger partial charge in [0.05, 0.1) is 13.4 Å². The van der Waals surface area contributed by atoms with Crippen molar-refractivity contribution in [1.82, 2.24) is 20.2 Å². The summed E-state index contributed by atoms with van der Waals surface area (Å²) >= 11 is 0. The van der Waals surface area contributed by atoms with Gasteiger partial charge >= 0.3 is 5.97 Å². The van der Waals surface area contributed by atoms with Crippen LogP contribution in [0.2, 0.25) is 0 Å². The van der Waals surface area contributed by atoms with Crippen molar-refractivity contribution in [3.05, 3.63) is 12.0 Å². The normalized spacial score (nSPS) is 9.43. The molecule has 0 aliphatic heterocycles. The van der Waals surface area contributed by atoms with E-state index in [2.05, 4.69) is 26.1 Å². The maximum absolute atomic E-state index is 11.7. The van der Waals surface area contributed by atoms with E-state index in [1.165, 1.54) is 21.1 Å². The highest BCUT2D eigenvalue weighted by atomic mass is 16.5. The Balaban J connectivity index is 0.00000191. The summed E-state index contributed by atoms with van der Waals surface area (Å²) in [6, 6.07) is -1.37. The van der Waals surface area contributed by atoms with Gasteiger partial charge in [-0.1, -0.05) is 0 Å². The lowest BCUT2D eigenvalue weighted by molar-refractivity contribution is -0.133. The zero-order valence-corrected chi connectivity index (χ0v) is 12.2. The number of hydrogen-bond acceptors (Lipinski definition) is 7. The molecule has 0 aromatic carbocycles. The van der Waals surface area contributed by atoms with Gasteiger partial charge in [0, 0.05) is 14.1 Å². The Morgan fingerprint density at radius 3 is 2.14 bits per heavy atom. The molecule has 1 rings (SSSR count). The molecule has 5 N–H and O–H groups in total. The van der Waals surface area contributed by atoms with Crippen LogP contribution in [0, 0.1) is 0 Å². The number of esters is 1. The number of carbonyl (C=O) groups excluding carboxylic acids is 3. The highest BCUT2D eigenvalue weighted by Crippen LogP contribution is 2.21. The lowest BCUT2D eigenvalue weighted by Crippen LogP contribution is -2.40. The summed E-state index contributed by atoms with van der Waals surface area (Å²) in [5.41, 5.74) is 4.13. The topological polar surface area (TPSA) is 149 Å². The molecule has 1 heterocycles. The number of nitrogens with one attached hydrogen (secondary N) is 2. The van der Waals surface area contributed by atoms with Crippen LogP contribution in [0.1, 0.15) is 16.5 Å². The first-order chi connectivity index (χ1) is 9.97. The summed E-state index contributed by atoms with van der Waals surface area (Å²) in [5.74, 6) is -2.82. The molecule has 118 valence electrons. The van der Waals surface area contributed by atoms with E-state index in [1.54, 1.807) is 0 Å². The van der Waals surface area contributed by atoms with E-state index < -0.39 is 29.7 Å². The van der Waals surface area contributed by atoms with Gasteiger partial charge in [0.25, 0.3) is 11.8 Å². The number of likely N-dealkylation sites (N-methyl/N-ethyl adjacent to an activating group) is 2. The average Bonchev–Trinajstić information content (AvgIpc) is 2.90. The molecule has 0 saturated carbocycles. The monoisotopic (exact) mass is 301 g/mol. The van der Waals surface area contributed by atoms with Gasteiger partial charge in [-0.25, -0.2) is 9.78 Å². The van der Waals surface area contributed by atoms with Crippen LogP contribution in [0.25, 0.3) is 0 Å². The van der Waals surface area contributed by atoms with Gasteiger partial charge in [-0.2, -0.15) is 0 Å². The maximum Gasteiger partial charge on any atom is 0.362 e. The van der Waals surface area contributed by atoms with Crippen molar-refractivity contribution in [2.24, 2.45) is 5.73 Å². The number of aromatic nitrogens is 2. The van der Waals surface area contributed by atoms with Gasteiger partial charge in [0.1, 0.15) is 0 Å². The van der Waals surface area contributed by atoms with Crippen LogP contribution in [0.4, 0.5) is 0 Å². The number of amides is 2. The zero-order valence-electron chi connectivity index (χ0n) is 12.2. The Bertz CT molecular complexity index is 497. The van der Waals surface area contributed by atoms with Gasteiger partial charge in [0.2, 0.25) is 11.6 Å². The minimum atomic E-state index is -1.37. The first-order valence-electron chi connectivity index (χ1n) is 5.82. The van der Waals surface area contributed by atoms with Crippen LogP contribution in [0.15, 0.2) is 6.33 Å². The molecule has 0 radical (unpaired) electrons. The molecular weight excluding hydrogens is 282 g/mol. The third-order valence-electron chi connectivity index (χ3n) is 2.41. The quantitative estimate of drug-likeness (QED) is 0.370. The van der Waals surface area contributed by atoms with Crippen molar-refractivity contribution in [2.75, 3.05) is 28.3 Å². The minimum Gasteiger partial charge on any atom is -0.493 e. The molecule has 1 aromatic rings. The number of hydrogen-bond donors (Lipinski definition) is 4. The fraction of sp³-hybridized carbons (Fsp3) is 0.455. The second-order valence-corrected chi connectivity index (χ2v) is 3.45. The van der Waals surface area contributed by atoms with Crippen LogP contribution in [-0.2, 0) is 14.3 Å². The van der Waals surface area contributed by atoms with Crippen LogP contribution in [-0.4, -0.2) is 60.7 Å². The number of ether oxygens (including phenoxy) is 1. The molecule has 0 aliphatic rings. The predicted molar refractivity (Wildman–Crippen MR) is 72.5 cm³/mol. The summed E-state index contributed by atoms with van der Waals surface area (Å²) in [6.45, 7) is 0. The van der Waals surface area contributed by atoms with Crippen molar-refractivity contribution in [2.45, 2.75) is 6.04 Å². The van der Waals surface area contributed by atoms with E-state index >= 15 is 0 Å². The second-order valence-electron chi connectivity index (χ2n) is 3.45. The lowest BCUT2D eigenvalue weighted by atomic mass is 10.2. The Kier molecular flexibility index (Phi) is 7.47. The lowest BCUT2D eigenvalue weighted by Gasteiger charge is -2.15. The summed E-state index contributed by atoms with van der Waals surface area (Å²) < 4.78 is 5.29. The Morgan fingerprint density at radius 2 is 1.76 bits per heavy atom.